The van der Waals surface area contributed by atoms with Crippen molar-refractivity contribution in [2.24, 2.45) is 0 Å². The first-order valence-electron chi connectivity index (χ1n) is 8.58. The number of para-hydroxylation sites is 2. The zero-order valence-corrected chi connectivity index (χ0v) is 16.3. The number of esters is 1. The van der Waals surface area contributed by atoms with E-state index in [1.165, 1.54) is 11.0 Å². The fourth-order valence-electron chi connectivity index (χ4n) is 2.80. The van der Waals surface area contributed by atoms with Crippen molar-refractivity contribution in [1.82, 2.24) is 9.88 Å². The van der Waals surface area contributed by atoms with E-state index in [1.54, 1.807) is 38.4 Å². The van der Waals surface area contributed by atoms with Gasteiger partial charge in [-0.2, -0.15) is 0 Å². The van der Waals surface area contributed by atoms with Gasteiger partial charge >= 0.3 is 5.97 Å². The highest BCUT2D eigenvalue weighted by Crippen LogP contribution is 2.22. The van der Waals surface area contributed by atoms with Gasteiger partial charge in [-0.25, -0.2) is 9.78 Å². The molecule has 1 aromatic heterocycles. The topological polar surface area (TPSA) is 68.7 Å². The van der Waals surface area contributed by atoms with Gasteiger partial charge in [-0.3, -0.25) is 4.79 Å². The standard InChI is InChI=1S/C21H19ClN2O4/c1-24(12-14-7-3-6-10-18(14)27-2)20(25)13-28-21(26)16-11-19(22)23-17-9-5-4-8-15(16)17/h3-11H,12-13H2,1-2H3. The molecule has 0 atom stereocenters. The molecule has 0 aliphatic heterocycles. The quantitative estimate of drug-likeness (QED) is 0.467. The summed E-state index contributed by atoms with van der Waals surface area (Å²) >= 11 is 5.99. The molecule has 6 nitrogen and oxygen atoms in total. The number of carbonyl (C=O) groups is 2. The third-order valence-electron chi connectivity index (χ3n) is 4.26. The minimum Gasteiger partial charge on any atom is -0.496 e. The number of amides is 1. The third kappa shape index (κ3) is 4.40. The van der Waals surface area contributed by atoms with Gasteiger partial charge in [0.2, 0.25) is 0 Å². The van der Waals surface area contributed by atoms with E-state index in [0.717, 1.165) is 5.56 Å². The number of halogens is 1. The first-order valence-corrected chi connectivity index (χ1v) is 8.95. The lowest BCUT2D eigenvalue weighted by atomic mass is 10.1. The minimum atomic E-state index is -0.625. The van der Waals surface area contributed by atoms with Crippen molar-refractivity contribution in [3.8, 4) is 5.75 Å². The Morgan fingerprint density at radius 3 is 2.61 bits per heavy atom. The van der Waals surface area contributed by atoms with E-state index in [-0.39, 0.29) is 23.2 Å². The number of methoxy groups -OCH3 is 1. The second-order valence-corrected chi connectivity index (χ2v) is 6.53. The summed E-state index contributed by atoms with van der Waals surface area (Å²) in [4.78, 5) is 30.5. The molecule has 0 unspecified atom stereocenters. The SMILES string of the molecule is COc1ccccc1CN(C)C(=O)COC(=O)c1cc(Cl)nc2ccccc12. The predicted octanol–water partition coefficient (Wildman–Crippen LogP) is 3.71. The van der Waals surface area contributed by atoms with E-state index < -0.39 is 5.97 Å². The molecule has 1 heterocycles. The minimum absolute atomic E-state index is 0.185. The Hall–Kier alpha value is -3.12. The number of ether oxygens (including phenoxy) is 2. The lowest BCUT2D eigenvalue weighted by Gasteiger charge is -2.19. The Balaban J connectivity index is 1.67. The van der Waals surface area contributed by atoms with Crippen LogP contribution in [0.5, 0.6) is 5.75 Å². The zero-order chi connectivity index (χ0) is 20.1. The van der Waals surface area contributed by atoms with Gasteiger partial charge in [-0.05, 0) is 18.2 Å². The Bertz CT molecular complexity index is 1020. The number of aromatic nitrogens is 1. The van der Waals surface area contributed by atoms with Crippen LogP contribution in [0.2, 0.25) is 5.15 Å². The fourth-order valence-corrected chi connectivity index (χ4v) is 3.00. The van der Waals surface area contributed by atoms with E-state index in [4.69, 9.17) is 21.1 Å². The van der Waals surface area contributed by atoms with E-state index in [1.807, 2.05) is 24.3 Å². The van der Waals surface area contributed by atoms with Crippen molar-refractivity contribution in [2.45, 2.75) is 6.54 Å². The summed E-state index contributed by atoms with van der Waals surface area (Å²) in [5, 5.41) is 0.803. The summed E-state index contributed by atoms with van der Waals surface area (Å²) in [5.74, 6) is -0.264. The van der Waals surface area contributed by atoms with Crippen LogP contribution in [0, 0.1) is 0 Å². The lowest BCUT2D eigenvalue weighted by molar-refractivity contribution is -0.133. The molecule has 0 radical (unpaired) electrons. The van der Waals surface area contributed by atoms with Crippen molar-refractivity contribution in [3.63, 3.8) is 0 Å². The number of hydrogen-bond donors (Lipinski definition) is 0. The van der Waals surface area contributed by atoms with Crippen LogP contribution >= 0.6 is 11.6 Å². The second-order valence-electron chi connectivity index (χ2n) is 6.15. The van der Waals surface area contributed by atoms with Gasteiger partial charge < -0.3 is 14.4 Å². The summed E-state index contributed by atoms with van der Waals surface area (Å²) in [6, 6.07) is 16.0. The van der Waals surface area contributed by atoms with Crippen molar-refractivity contribution in [2.75, 3.05) is 20.8 Å². The highest BCUT2D eigenvalue weighted by molar-refractivity contribution is 6.30. The number of nitrogens with zero attached hydrogens (tertiary/aromatic N) is 2. The molecule has 3 rings (SSSR count). The maximum Gasteiger partial charge on any atom is 0.339 e. The maximum absolute atomic E-state index is 12.5. The second kappa shape index (κ2) is 8.71. The number of hydrogen-bond acceptors (Lipinski definition) is 5. The van der Waals surface area contributed by atoms with Crippen LogP contribution < -0.4 is 4.74 Å². The third-order valence-corrected chi connectivity index (χ3v) is 4.45. The summed E-state index contributed by atoms with van der Waals surface area (Å²) in [5.41, 5.74) is 1.72. The molecule has 0 N–H and O–H groups in total. The van der Waals surface area contributed by atoms with Crippen LogP contribution in [0.15, 0.2) is 54.6 Å². The smallest absolute Gasteiger partial charge is 0.339 e. The monoisotopic (exact) mass is 398 g/mol. The summed E-state index contributed by atoms with van der Waals surface area (Å²) < 4.78 is 10.5. The molecular formula is C21H19ClN2O4. The van der Waals surface area contributed by atoms with Gasteiger partial charge in [0.15, 0.2) is 6.61 Å². The molecule has 0 saturated carbocycles. The maximum atomic E-state index is 12.5. The predicted molar refractivity (Wildman–Crippen MR) is 107 cm³/mol. The number of rotatable bonds is 6. The Kier molecular flexibility index (Phi) is 6.11. The van der Waals surface area contributed by atoms with Gasteiger partial charge in [0.05, 0.1) is 18.2 Å². The Morgan fingerprint density at radius 1 is 1.11 bits per heavy atom. The highest BCUT2D eigenvalue weighted by atomic mass is 35.5. The van der Waals surface area contributed by atoms with Gasteiger partial charge in [-0.1, -0.05) is 48.0 Å². The molecule has 1 amide bonds. The first kappa shape index (κ1) is 19.6. The van der Waals surface area contributed by atoms with Crippen LogP contribution in [-0.4, -0.2) is 42.5 Å². The molecule has 0 spiro atoms. The number of benzene rings is 2. The molecule has 3 aromatic rings. The number of likely N-dealkylation sites (N-methyl/N-ethyl adjacent to an activating group) is 1. The molecule has 0 bridgehead atoms. The largest absolute Gasteiger partial charge is 0.496 e. The summed E-state index contributed by atoms with van der Waals surface area (Å²) in [7, 11) is 3.22. The van der Waals surface area contributed by atoms with Gasteiger partial charge in [0, 0.05) is 24.5 Å². The van der Waals surface area contributed by atoms with Crippen LogP contribution in [-0.2, 0) is 16.1 Å². The molecule has 0 saturated heterocycles. The van der Waals surface area contributed by atoms with Crippen molar-refractivity contribution < 1.29 is 19.1 Å². The van der Waals surface area contributed by atoms with Gasteiger partial charge in [-0.15, -0.1) is 0 Å². The van der Waals surface area contributed by atoms with E-state index >= 15 is 0 Å². The number of carbonyl (C=O) groups excluding carboxylic acids is 2. The van der Waals surface area contributed by atoms with Crippen molar-refractivity contribution in [1.29, 1.82) is 0 Å². The molecule has 0 aliphatic carbocycles. The van der Waals surface area contributed by atoms with E-state index in [2.05, 4.69) is 4.98 Å². The first-order chi connectivity index (χ1) is 13.5. The molecule has 0 fully saturated rings. The highest BCUT2D eigenvalue weighted by Gasteiger charge is 2.18. The number of fused-ring (bicyclic) bond motifs is 1. The van der Waals surface area contributed by atoms with Gasteiger partial charge in [0.1, 0.15) is 10.9 Å². The average Bonchev–Trinajstić information content (AvgIpc) is 2.71. The zero-order valence-electron chi connectivity index (χ0n) is 15.5. The van der Waals surface area contributed by atoms with Crippen molar-refractivity contribution in [3.05, 3.63) is 70.9 Å². The van der Waals surface area contributed by atoms with Crippen molar-refractivity contribution >= 4 is 34.4 Å². The van der Waals surface area contributed by atoms with E-state index in [9.17, 15) is 9.59 Å². The summed E-state index contributed by atoms with van der Waals surface area (Å²) in [6.45, 7) is -0.0385. The van der Waals surface area contributed by atoms with Crippen LogP contribution in [0.1, 0.15) is 15.9 Å². The van der Waals surface area contributed by atoms with Crippen LogP contribution in [0.3, 0.4) is 0 Å². The fraction of sp³-hybridized carbons (Fsp3) is 0.190. The van der Waals surface area contributed by atoms with Crippen LogP contribution in [0.4, 0.5) is 0 Å². The van der Waals surface area contributed by atoms with Crippen LogP contribution in [0.25, 0.3) is 10.9 Å². The molecule has 28 heavy (non-hydrogen) atoms. The Morgan fingerprint density at radius 2 is 1.82 bits per heavy atom. The lowest BCUT2D eigenvalue weighted by Crippen LogP contribution is -2.31. The van der Waals surface area contributed by atoms with Gasteiger partial charge in [0.25, 0.3) is 5.91 Å². The molecular weight excluding hydrogens is 380 g/mol. The normalized spacial score (nSPS) is 10.5. The summed E-state index contributed by atoms with van der Waals surface area (Å²) in [6.07, 6.45) is 0. The molecule has 7 heteroatoms. The number of pyridine rings is 1. The molecule has 144 valence electrons. The molecule has 2 aromatic carbocycles. The average molecular weight is 399 g/mol. The molecule has 0 aliphatic rings. The van der Waals surface area contributed by atoms with E-state index in [0.29, 0.717) is 23.2 Å². The Labute approximate surface area is 167 Å².